The van der Waals surface area contributed by atoms with Gasteiger partial charge in [0.2, 0.25) is 11.7 Å². The average molecular weight is 677 g/mol. The normalized spacial score (nSPS) is 11.4. The second-order valence-corrected chi connectivity index (χ2v) is 12.9. The summed E-state index contributed by atoms with van der Waals surface area (Å²) in [5.41, 5.74) is 2.12. The van der Waals surface area contributed by atoms with Gasteiger partial charge in [0.1, 0.15) is 13.2 Å². The van der Waals surface area contributed by atoms with Crippen LogP contribution in [0, 0.1) is 12.8 Å². The van der Waals surface area contributed by atoms with E-state index in [0.717, 1.165) is 10.0 Å². The number of aryl methyl sites for hydroxylation is 1. The number of hydrogen-bond acceptors (Lipinski definition) is 10. The van der Waals surface area contributed by atoms with E-state index in [1.165, 1.54) is 4.31 Å². The van der Waals surface area contributed by atoms with E-state index < -0.39 is 10.0 Å². The van der Waals surface area contributed by atoms with E-state index in [4.69, 9.17) is 19.4 Å². The molecule has 0 bridgehead atoms. The minimum Gasteiger partial charge on any atom is -0.473 e. The number of nitrogens with zero attached hydrogens (tertiary/aromatic N) is 7. The van der Waals surface area contributed by atoms with E-state index in [2.05, 4.69) is 35.9 Å². The number of hydrogen-bond donors (Lipinski definition) is 0. The fourth-order valence-corrected chi connectivity index (χ4v) is 6.01. The average Bonchev–Trinajstić information content (AvgIpc) is 3.03. The maximum absolute atomic E-state index is 14.3. The van der Waals surface area contributed by atoms with Crippen LogP contribution in [0.2, 0.25) is 0 Å². The molecule has 0 aliphatic rings. The van der Waals surface area contributed by atoms with Crippen LogP contribution in [-0.4, -0.2) is 58.1 Å². The van der Waals surface area contributed by atoms with Crippen molar-refractivity contribution in [1.82, 2.24) is 29.9 Å². The molecular formula is C31H30BrN7O4S. The second kappa shape index (κ2) is 13.9. The van der Waals surface area contributed by atoms with Crippen molar-refractivity contribution in [1.29, 1.82) is 0 Å². The van der Waals surface area contributed by atoms with Crippen LogP contribution in [0.15, 0.2) is 94.8 Å². The number of benzene rings is 2. The van der Waals surface area contributed by atoms with Crippen molar-refractivity contribution in [2.24, 2.45) is 5.92 Å². The van der Waals surface area contributed by atoms with E-state index in [9.17, 15) is 8.42 Å². The fraction of sp³-hybridized carbons (Fsp3) is 0.226. The van der Waals surface area contributed by atoms with Gasteiger partial charge in [0, 0.05) is 31.3 Å². The number of ether oxygens (including phenoxy) is 2. The van der Waals surface area contributed by atoms with Gasteiger partial charge in [-0.1, -0.05) is 61.9 Å². The fourth-order valence-electron chi connectivity index (χ4n) is 4.20. The summed E-state index contributed by atoms with van der Waals surface area (Å²) in [6.45, 7) is 6.16. The zero-order valence-electron chi connectivity index (χ0n) is 24.3. The van der Waals surface area contributed by atoms with Crippen LogP contribution >= 0.6 is 15.9 Å². The number of rotatable bonds is 12. The summed E-state index contributed by atoms with van der Waals surface area (Å²) in [4.78, 5) is 26.5. The molecule has 0 aliphatic heterocycles. The predicted molar refractivity (Wildman–Crippen MR) is 170 cm³/mol. The summed E-state index contributed by atoms with van der Waals surface area (Å²) < 4.78 is 42.5. The summed E-state index contributed by atoms with van der Waals surface area (Å²) in [6, 6.07) is 17.8. The first-order valence-corrected chi connectivity index (χ1v) is 16.0. The third-order valence-corrected chi connectivity index (χ3v) is 8.39. The van der Waals surface area contributed by atoms with Crippen molar-refractivity contribution in [2.75, 3.05) is 24.1 Å². The van der Waals surface area contributed by atoms with Crippen LogP contribution in [0.3, 0.4) is 0 Å². The molecule has 0 fully saturated rings. The Hall–Kier alpha value is -4.49. The predicted octanol–water partition coefficient (Wildman–Crippen LogP) is 5.77. The lowest BCUT2D eigenvalue weighted by atomic mass is 10.1. The van der Waals surface area contributed by atoms with Crippen molar-refractivity contribution >= 4 is 31.8 Å². The van der Waals surface area contributed by atoms with Gasteiger partial charge in [-0.2, -0.15) is 4.98 Å². The highest BCUT2D eigenvalue weighted by atomic mass is 79.9. The molecule has 0 N–H and O–H groups in total. The molecule has 44 heavy (non-hydrogen) atoms. The molecule has 0 radical (unpaired) electrons. The van der Waals surface area contributed by atoms with Gasteiger partial charge in [-0.25, -0.2) is 37.6 Å². The highest BCUT2D eigenvalue weighted by molar-refractivity contribution is 9.10. The molecule has 3 aromatic heterocycles. The van der Waals surface area contributed by atoms with Crippen LogP contribution in [0.4, 0.5) is 5.82 Å². The summed E-state index contributed by atoms with van der Waals surface area (Å²) in [7, 11) is -4.07. The molecule has 0 atom stereocenters. The van der Waals surface area contributed by atoms with Crippen molar-refractivity contribution < 1.29 is 17.9 Å². The Morgan fingerprint density at radius 2 is 1.48 bits per heavy atom. The molecule has 2 aromatic carbocycles. The second-order valence-electron chi connectivity index (χ2n) is 10.1. The minimum absolute atomic E-state index is 0.0468. The van der Waals surface area contributed by atoms with Gasteiger partial charge in [-0.15, -0.1) is 0 Å². The molecule has 11 nitrogen and oxygen atoms in total. The molecule has 5 rings (SSSR count). The zero-order valence-corrected chi connectivity index (χ0v) is 26.7. The topological polar surface area (TPSA) is 133 Å². The van der Waals surface area contributed by atoms with Gasteiger partial charge in [-0.05, 0) is 52.5 Å². The smallest absolute Gasteiger partial charge is 0.316 e. The minimum atomic E-state index is -4.07. The highest BCUT2D eigenvalue weighted by Gasteiger charge is 2.32. The third-order valence-electron chi connectivity index (χ3n) is 6.21. The Morgan fingerprint density at radius 3 is 2.14 bits per heavy atom. The summed E-state index contributed by atoms with van der Waals surface area (Å²) in [6.07, 6.45) is 6.30. The van der Waals surface area contributed by atoms with E-state index in [-0.39, 0.29) is 59.9 Å². The Bertz CT molecular complexity index is 1790. The first-order chi connectivity index (χ1) is 21.2. The lowest BCUT2D eigenvalue weighted by Gasteiger charge is -2.28. The first kappa shape index (κ1) is 31.0. The molecule has 226 valence electrons. The van der Waals surface area contributed by atoms with E-state index >= 15 is 0 Å². The number of sulfonamides is 1. The molecule has 0 aliphatic carbocycles. The van der Waals surface area contributed by atoms with E-state index in [1.807, 2.05) is 45.0 Å². The molecule has 3 heterocycles. The Balaban J connectivity index is 1.67. The van der Waals surface area contributed by atoms with E-state index in [0.29, 0.717) is 11.1 Å². The zero-order chi connectivity index (χ0) is 31.1. The van der Waals surface area contributed by atoms with Gasteiger partial charge >= 0.3 is 6.01 Å². The molecule has 0 unspecified atom stereocenters. The van der Waals surface area contributed by atoms with Crippen LogP contribution in [0.1, 0.15) is 19.4 Å². The van der Waals surface area contributed by atoms with Crippen LogP contribution < -0.4 is 13.8 Å². The van der Waals surface area contributed by atoms with Gasteiger partial charge in [0.25, 0.3) is 10.0 Å². The maximum atomic E-state index is 14.3. The van der Waals surface area contributed by atoms with Crippen LogP contribution in [-0.2, 0) is 10.0 Å². The summed E-state index contributed by atoms with van der Waals surface area (Å²) in [5, 5.41) is 0. The number of halogens is 1. The van der Waals surface area contributed by atoms with Crippen molar-refractivity contribution in [3.63, 3.8) is 0 Å². The van der Waals surface area contributed by atoms with Crippen molar-refractivity contribution in [3.8, 4) is 34.7 Å². The Labute approximate surface area is 264 Å². The third kappa shape index (κ3) is 7.34. The van der Waals surface area contributed by atoms with Gasteiger partial charge < -0.3 is 9.47 Å². The molecule has 13 heteroatoms. The summed E-state index contributed by atoms with van der Waals surface area (Å²) in [5.74, 6) is 0.583. The van der Waals surface area contributed by atoms with Crippen LogP contribution in [0.25, 0.3) is 22.8 Å². The first-order valence-electron chi connectivity index (χ1n) is 13.8. The maximum Gasteiger partial charge on any atom is 0.316 e. The molecule has 0 saturated carbocycles. The molecule has 5 aromatic rings. The van der Waals surface area contributed by atoms with Gasteiger partial charge in [0.15, 0.2) is 11.6 Å². The molecule has 0 amide bonds. The summed E-state index contributed by atoms with van der Waals surface area (Å²) >= 11 is 3.30. The Morgan fingerprint density at radius 1 is 0.818 bits per heavy atom. The van der Waals surface area contributed by atoms with Crippen molar-refractivity contribution in [3.05, 3.63) is 95.5 Å². The lowest BCUT2D eigenvalue weighted by molar-refractivity contribution is 0.202. The van der Waals surface area contributed by atoms with Crippen LogP contribution in [0.5, 0.6) is 11.9 Å². The largest absolute Gasteiger partial charge is 0.473 e. The van der Waals surface area contributed by atoms with E-state index in [1.54, 1.807) is 61.2 Å². The highest BCUT2D eigenvalue weighted by Crippen LogP contribution is 2.40. The molecular weight excluding hydrogens is 646 g/mol. The Kier molecular flexibility index (Phi) is 9.75. The lowest BCUT2D eigenvalue weighted by Crippen LogP contribution is -2.35. The molecule has 0 spiro atoms. The number of aromatic nitrogens is 6. The van der Waals surface area contributed by atoms with Gasteiger partial charge in [-0.3, -0.25) is 0 Å². The monoisotopic (exact) mass is 675 g/mol. The SMILES string of the molecule is Cc1ccc(-c2c(OCCOc3ncc(Br)cn3)nc(-c3ncccn3)nc2N(CC(C)C)S(=O)(=O)c2ccccc2)cc1. The quantitative estimate of drug-likeness (QED) is 0.150. The van der Waals surface area contributed by atoms with Crippen molar-refractivity contribution in [2.45, 2.75) is 25.7 Å². The number of anilines is 1. The standard InChI is InChI=1S/C31H30BrN7O4S/c1-21(2)20-39(44(40,41)25-8-5-4-6-9-25)29-26(23-12-10-22(3)11-13-23)30(38-28(37-29)27-33-14-7-15-34-27)42-16-17-43-31-35-18-24(32)19-36-31/h4-15,18-19,21H,16-17,20H2,1-3H3. The molecule has 0 saturated heterocycles. The van der Waals surface area contributed by atoms with Gasteiger partial charge in [0.05, 0.1) is 14.9 Å².